The average molecular weight is 348 g/mol. The van der Waals surface area contributed by atoms with Crippen molar-refractivity contribution < 1.29 is 4.79 Å². The Kier molecular flexibility index (Phi) is 4.69. The lowest BCUT2D eigenvalue weighted by atomic mass is 10.0. The number of fused-ring (bicyclic) bond motifs is 1. The summed E-state index contributed by atoms with van der Waals surface area (Å²) >= 11 is 0. The van der Waals surface area contributed by atoms with Crippen molar-refractivity contribution in [3.8, 4) is 0 Å². The van der Waals surface area contributed by atoms with Crippen molar-refractivity contribution in [3.05, 3.63) is 60.3 Å². The largest absolute Gasteiger partial charge is 0.340 e. The lowest BCUT2D eigenvalue weighted by Crippen LogP contribution is -2.41. The summed E-state index contributed by atoms with van der Waals surface area (Å²) < 4.78 is 2.25. The van der Waals surface area contributed by atoms with Crippen molar-refractivity contribution in [3.63, 3.8) is 0 Å². The van der Waals surface area contributed by atoms with Crippen molar-refractivity contribution in [1.29, 1.82) is 0 Å². The number of carbonyl (C=O) groups is 1. The maximum atomic E-state index is 13.0. The summed E-state index contributed by atoms with van der Waals surface area (Å²) in [5.41, 5.74) is 1.94. The topological polar surface area (TPSA) is 51.0 Å². The van der Waals surface area contributed by atoms with E-state index in [1.165, 1.54) is 0 Å². The molecule has 0 spiro atoms. The molecule has 4 rings (SSSR count). The Balaban J connectivity index is 1.51. The van der Waals surface area contributed by atoms with Gasteiger partial charge in [-0.25, -0.2) is 4.98 Å². The Bertz CT molecular complexity index is 912. The molecule has 0 bridgehead atoms. The Labute approximate surface area is 153 Å². The summed E-state index contributed by atoms with van der Waals surface area (Å²) in [5.74, 6) is 1.29. The van der Waals surface area contributed by atoms with E-state index in [9.17, 15) is 4.79 Å². The van der Waals surface area contributed by atoms with E-state index >= 15 is 0 Å². The zero-order valence-electron chi connectivity index (χ0n) is 15.1. The maximum absolute atomic E-state index is 13.0. The predicted molar refractivity (Wildman–Crippen MR) is 102 cm³/mol. The first-order valence-electron chi connectivity index (χ1n) is 9.38. The van der Waals surface area contributed by atoms with Crippen molar-refractivity contribution in [2.75, 3.05) is 13.1 Å². The van der Waals surface area contributed by atoms with Gasteiger partial charge in [0.1, 0.15) is 5.82 Å². The van der Waals surface area contributed by atoms with E-state index in [0.29, 0.717) is 12.5 Å². The summed E-state index contributed by atoms with van der Waals surface area (Å²) in [6.45, 7) is 3.72. The van der Waals surface area contributed by atoms with Crippen molar-refractivity contribution in [2.45, 2.75) is 38.6 Å². The highest BCUT2D eigenvalue weighted by Gasteiger charge is 2.26. The summed E-state index contributed by atoms with van der Waals surface area (Å²) in [6.07, 6.45) is 9.16. The molecule has 1 amide bonds. The van der Waals surface area contributed by atoms with Gasteiger partial charge in [-0.1, -0.05) is 31.2 Å². The molecule has 26 heavy (non-hydrogen) atoms. The molecule has 5 heteroatoms. The number of hydrogen-bond donors (Lipinski definition) is 0. The van der Waals surface area contributed by atoms with Crippen LogP contribution in [0.1, 0.15) is 37.2 Å². The van der Waals surface area contributed by atoms with Crippen LogP contribution in [0.15, 0.2) is 48.9 Å². The molecule has 3 aromatic rings. The van der Waals surface area contributed by atoms with Gasteiger partial charge in [0.05, 0.1) is 18.0 Å². The summed E-state index contributed by atoms with van der Waals surface area (Å²) in [4.78, 5) is 23.9. The fourth-order valence-electron chi connectivity index (χ4n) is 3.94. The number of carbonyl (C=O) groups excluding carboxylic acids is 1. The zero-order valence-corrected chi connectivity index (χ0v) is 15.1. The van der Waals surface area contributed by atoms with E-state index in [2.05, 4.69) is 21.5 Å². The van der Waals surface area contributed by atoms with E-state index < -0.39 is 0 Å². The van der Waals surface area contributed by atoms with Crippen LogP contribution in [0.2, 0.25) is 0 Å². The molecular formula is C21H24N4O. The molecular weight excluding hydrogens is 324 g/mol. The fraction of sp³-hybridized carbons (Fsp3) is 0.381. The number of benzene rings is 1. The van der Waals surface area contributed by atoms with Crippen LogP contribution in [0.3, 0.4) is 0 Å². The van der Waals surface area contributed by atoms with Gasteiger partial charge in [-0.15, -0.1) is 0 Å². The number of pyridine rings is 1. The van der Waals surface area contributed by atoms with Crippen LogP contribution < -0.4 is 0 Å². The highest BCUT2D eigenvalue weighted by molar-refractivity contribution is 5.87. The van der Waals surface area contributed by atoms with E-state index in [1.807, 2.05) is 47.6 Å². The van der Waals surface area contributed by atoms with E-state index in [0.717, 1.165) is 54.6 Å². The molecule has 1 atom stereocenters. The molecule has 0 radical (unpaired) electrons. The number of piperidine rings is 1. The first kappa shape index (κ1) is 16.8. The molecule has 1 aromatic carbocycles. The lowest BCUT2D eigenvalue weighted by molar-refractivity contribution is -0.132. The Hall–Kier alpha value is -2.69. The second kappa shape index (κ2) is 7.28. The molecule has 1 saturated heterocycles. The maximum Gasteiger partial charge on any atom is 0.227 e. The molecule has 5 nitrogen and oxygen atoms in total. The highest BCUT2D eigenvalue weighted by Crippen LogP contribution is 2.24. The minimum atomic E-state index is 0.186. The number of imidazole rings is 1. The van der Waals surface area contributed by atoms with E-state index in [1.54, 1.807) is 6.20 Å². The summed E-state index contributed by atoms with van der Waals surface area (Å²) in [5, 5.41) is 1.08. The monoisotopic (exact) mass is 348 g/mol. The number of amides is 1. The molecule has 134 valence electrons. The third kappa shape index (κ3) is 3.21. The summed E-state index contributed by atoms with van der Waals surface area (Å²) in [6, 6.07) is 10.4. The molecule has 3 heterocycles. The Morgan fingerprint density at radius 3 is 2.96 bits per heavy atom. The third-order valence-corrected chi connectivity index (χ3v) is 5.27. The van der Waals surface area contributed by atoms with Gasteiger partial charge < -0.3 is 9.47 Å². The second-order valence-electron chi connectivity index (χ2n) is 6.91. The van der Waals surface area contributed by atoms with Gasteiger partial charge in [-0.3, -0.25) is 9.78 Å². The van der Waals surface area contributed by atoms with E-state index in [-0.39, 0.29) is 5.91 Å². The molecule has 0 unspecified atom stereocenters. The van der Waals surface area contributed by atoms with Gasteiger partial charge in [-0.2, -0.15) is 0 Å². The van der Waals surface area contributed by atoms with Crippen LogP contribution in [0, 0.1) is 0 Å². The quantitative estimate of drug-likeness (QED) is 0.726. The number of aryl methyl sites for hydroxylation is 1. The molecule has 1 fully saturated rings. The van der Waals surface area contributed by atoms with Crippen molar-refractivity contribution in [2.24, 2.45) is 0 Å². The van der Waals surface area contributed by atoms with Gasteiger partial charge in [0.15, 0.2) is 0 Å². The number of hydrogen-bond acceptors (Lipinski definition) is 3. The zero-order chi connectivity index (χ0) is 17.9. The minimum absolute atomic E-state index is 0.186. The van der Waals surface area contributed by atoms with Crippen LogP contribution in [0.4, 0.5) is 0 Å². The van der Waals surface area contributed by atoms with Crippen LogP contribution in [-0.2, 0) is 17.6 Å². The van der Waals surface area contributed by atoms with Crippen molar-refractivity contribution in [1.82, 2.24) is 19.4 Å². The number of para-hydroxylation sites is 1. The Morgan fingerprint density at radius 2 is 2.08 bits per heavy atom. The SMILES string of the molecule is CCc1nccn1[C@H]1CCCN(C(=O)Cc2cccc3cccnc23)C1. The van der Waals surface area contributed by atoms with Crippen LogP contribution >= 0.6 is 0 Å². The lowest BCUT2D eigenvalue weighted by Gasteiger charge is -2.34. The minimum Gasteiger partial charge on any atom is -0.340 e. The molecule has 2 aromatic heterocycles. The molecule has 0 aliphatic carbocycles. The van der Waals surface area contributed by atoms with Gasteiger partial charge >= 0.3 is 0 Å². The number of aromatic nitrogens is 3. The number of likely N-dealkylation sites (tertiary alicyclic amines) is 1. The number of rotatable bonds is 4. The number of nitrogens with zero attached hydrogens (tertiary/aromatic N) is 4. The molecule has 0 saturated carbocycles. The highest BCUT2D eigenvalue weighted by atomic mass is 16.2. The smallest absolute Gasteiger partial charge is 0.227 e. The normalized spacial score (nSPS) is 17.6. The van der Waals surface area contributed by atoms with E-state index in [4.69, 9.17) is 0 Å². The van der Waals surface area contributed by atoms with Crippen LogP contribution in [-0.4, -0.2) is 38.4 Å². The standard InChI is InChI=1S/C21H24N4O/c1-2-19-22-11-13-25(19)18-9-5-12-24(15-18)20(26)14-17-7-3-6-16-8-4-10-23-21(16)17/h3-4,6-8,10-11,13,18H,2,5,9,12,14-15H2,1H3/t18-/m0/s1. The average Bonchev–Trinajstić information content (AvgIpc) is 3.17. The second-order valence-corrected chi connectivity index (χ2v) is 6.91. The third-order valence-electron chi connectivity index (χ3n) is 5.27. The van der Waals surface area contributed by atoms with Crippen molar-refractivity contribution >= 4 is 16.8 Å². The first-order chi connectivity index (χ1) is 12.8. The van der Waals surface area contributed by atoms with Gasteiger partial charge in [0, 0.05) is 43.5 Å². The van der Waals surface area contributed by atoms with Gasteiger partial charge in [-0.05, 0) is 24.5 Å². The Morgan fingerprint density at radius 1 is 1.19 bits per heavy atom. The first-order valence-corrected chi connectivity index (χ1v) is 9.38. The molecule has 1 aliphatic rings. The van der Waals surface area contributed by atoms with Gasteiger partial charge in [0.2, 0.25) is 5.91 Å². The van der Waals surface area contributed by atoms with Gasteiger partial charge in [0.25, 0.3) is 0 Å². The van der Waals surface area contributed by atoms with Crippen LogP contribution in [0.25, 0.3) is 10.9 Å². The molecule has 1 aliphatic heterocycles. The van der Waals surface area contributed by atoms with Crippen LogP contribution in [0.5, 0.6) is 0 Å². The fourth-order valence-corrected chi connectivity index (χ4v) is 3.94. The summed E-state index contributed by atoms with van der Waals surface area (Å²) in [7, 11) is 0. The molecule has 0 N–H and O–H groups in total. The predicted octanol–water partition coefficient (Wildman–Crippen LogP) is 3.40.